The highest BCUT2D eigenvalue weighted by atomic mass is 14.7. The molecule has 2 nitrogen and oxygen atoms in total. The smallest absolute Gasteiger partial charge is 0.0964 e. The van der Waals surface area contributed by atoms with E-state index < -0.39 is 0 Å². The van der Waals surface area contributed by atoms with Gasteiger partial charge in [0, 0.05) is 23.2 Å². The lowest BCUT2D eigenvalue weighted by Crippen LogP contribution is -2.11. The van der Waals surface area contributed by atoms with Gasteiger partial charge in [0.25, 0.3) is 0 Å². The van der Waals surface area contributed by atoms with E-state index in [4.69, 9.17) is 0 Å². The Labute approximate surface area is 200 Å². The summed E-state index contributed by atoms with van der Waals surface area (Å²) >= 11 is 0. The van der Waals surface area contributed by atoms with Gasteiger partial charge in [0.2, 0.25) is 0 Å². The molecule has 34 heavy (non-hydrogen) atoms. The molecule has 7 rings (SSSR count). The van der Waals surface area contributed by atoms with E-state index in [0.717, 1.165) is 27.7 Å². The van der Waals surface area contributed by atoms with Gasteiger partial charge in [-0.25, -0.2) is 0 Å². The topological polar surface area (TPSA) is 25.8 Å². The highest BCUT2D eigenvalue weighted by Crippen LogP contribution is 2.35. The van der Waals surface area contributed by atoms with Crippen LogP contribution in [0, 0.1) is 12.8 Å². The first-order valence-electron chi connectivity index (χ1n) is 12.2. The van der Waals surface area contributed by atoms with Gasteiger partial charge in [0.15, 0.2) is 0 Å². The molecule has 0 saturated heterocycles. The molecule has 166 valence electrons. The number of pyridine rings is 2. The SMILES string of the molecule is Cc1ccc2ccc3c4c(ccc3c2c1)CC(C)CC4.c1cnc2c(c1)ccc1cccnc12. The molecule has 1 unspecified atom stereocenters. The maximum absolute atomic E-state index is 4.35. The molecular formula is C32H28N2. The van der Waals surface area contributed by atoms with E-state index in [1.807, 2.05) is 12.1 Å². The summed E-state index contributed by atoms with van der Waals surface area (Å²) in [7, 11) is 0. The van der Waals surface area contributed by atoms with Crippen LogP contribution in [0.1, 0.15) is 30.0 Å². The molecular weight excluding hydrogens is 412 g/mol. The van der Waals surface area contributed by atoms with E-state index in [0.29, 0.717) is 0 Å². The molecule has 2 heteroatoms. The molecule has 1 aliphatic carbocycles. The van der Waals surface area contributed by atoms with Crippen molar-refractivity contribution >= 4 is 43.4 Å². The van der Waals surface area contributed by atoms with Crippen molar-refractivity contribution in [2.75, 3.05) is 0 Å². The lowest BCUT2D eigenvalue weighted by Gasteiger charge is -2.23. The highest BCUT2D eigenvalue weighted by Gasteiger charge is 2.17. The van der Waals surface area contributed by atoms with Crippen LogP contribution in [-0.4, -0.2) is 9.97 Å². The van der Waals surface area contributed by atoms with Crippen LogP contribution >= 0.6 is 0 Å². The maximum Gasteiger partial charge on any atom is 0.0964 e. The molecule has 4 aromatic carbocycles. The van der Waals surface area contributed by atoms with Crippen molar-refractivity contribution in [1.82, 2.24) is 9.97 Å². The van der Waals surface area contributed by atoms with Crippen molar-refractivity contribution in [1.29, 1.82) is 0 Å². The Morgan fingerprint density at radius 2 is 1.32 bits per heavy atom. The van der Waals surface area contributed by atoms with Crippen molar-refractivity contribution in [2.24, 2.45) is 5.92 Å². The summed E-state index contributed by atoms with van der Waals surface area (Å²) in [5, 5.41) is 7.94. The largest absolute Gasteiger partial charge is 0.254 e. The second-order valence-electron chi connectivity index (χ2n) is 9.65. The fraction of sp³-hybridized carbons (Fsp3) is 0.188. The lowest BCUT2D eigenvalue weighted by atomic mass is 9.82. The molecule has 0 aliphatic heterocycles. The average molecular weight is 441 g/mol. The van der Waals surface area contributed by atoms with Crippen LogP contribution in [0.5, 0.6) is 0 Å². The third kappa shape index (κ3) is 3.70. The van der Waals surface area contributed by atoms with Crippen molar-refractivity contribution in [3.63, 3.8) is 0 Å². The minimum absolute atomic E-state index is 0.836. The normalized spacial score (nSPS) is 15.3. The van der Waals surface area contributed by atoms with Crippen molar-refractivity contribution < 1.29 is 0 Å². The molecule has 0 amide bonds. The third-order valence-electron chi connectivity index (χ3n) is 7.18. The highest BCUT2D eigenvalue weighted by molar-refractivity contribution is 6.09. The van der Waals surface area contributed by atoms with Crippen molar-refractivity contribution in [3.05, 3.63) is 108 Å². The Morgan fingerprint density at radius 3 is 2.06 bits per heavy atom. The maximum atomic E-state index is 4.35. The van der Waals surface area contributed by atoms with Crippen molar-refractivity contribution in [3.8, 4) is 0 Å². The number of aryl methyl sites for hydroxylation is 2. The quantitative estimate of drug-likeness (QED) is 0.222. The zero-order valence-corrected chi connectivity index (χ0v) is 19.8. The Kier molecular flexibility index (Phi) is 5.22. The second kappa shape index (κ2) is 8.53. The number of benzene rings is 4. The van der Waals surface area contributed by atoms with Crippen LogP contribution in [-0.2, 0) is 12.8 Å². The van der Waals surface area contributed by atoms with Crippen LogP contribution in [0.4, 0.5) is 0 Å². The summed E-state index contributed by atoms with van der Waals surface area (Å²) < 4.78 is 0. The monoisotopic (exact) mass is 440 g/mol. The van der Waals surface area contributed by atoms with Crippen LogP contribution in [0.15, 0.2) is 91.3 Å². The molecule has 2 aromatic heterocycles. The summed E-state index contributed by atoms with van der Waals surface area (Å²) in [4.78, 5) is 8.69. The summed E-state index contributed by atoms with van der Waals surface area (Å²) in [6.45, 7) is 4.55. The number of rotatable bonds is 0. The molecule has 0 spiro atoms. The van der Waals surface area contributed by atoms with Crippen molar-refractivity contribution in [2.45, 2.75) is 33.1 Å². The first-order chi connectivity index (χ1) is 16.7. The van der Waals surface area contributed by atoms with E-state index in [2.05, 4.69) is 90.5 Å². The molecule has 0 saturated carbocycles. The second-order valence-corrected chi connectivity index (χ2v) is 9.65. The predicted molar refractivity (Wildman–Crippen MR) is 144 cm³/mol. The van der Waals surface area contributed by atoms with E-state index in [-0.39, 0.29) is 0 Å². The molecule has 1 aliphatic rings. The third-order valence-corrected chi connectivity index (χ3v) is 7.18. The van der Waals surface area contributed by atoms with E-state index in [1.54, 1.807) is 23.5 Å². The Morgan fingerprint density at radius 1 is 0.676 bits per heavy atom. The minimum atomic E-state index is 0.836. The molecule has 1 atom stereocenters. The van der Waals surface area contributed by atoms with Gasteiger partial charge in [0.05, 0.1) is 11.0 Å². The number of hydrogen-bond donors (Lipinski definition) is 0. The molecule has 0 bridgehead atoms. The first kappa shape index (κ1) is 20.8. The zero-order valence-electron chi connectivity index (χ0n) is 19.8. The van der Waals surface area contributed by atoms with Crippen LogP contribution in [0.2, 0.25) is 0 Å². The van der Waals surface area contributed by atoms with Gasteiger partial charge < -0.3 is 0 Å². The zero-order chi connectivity index (χ0) is 23.1. The Bertz CT molecular complexity index is 1610. The molecule has 6 aromatic rings. The Hall–Kier alpha value is -3.78. The van der Waals surface area contributed by atoms with Gasteiger partial charge in [-0.2, -0.15) is 0 Å². The van der Waals surface area contributed by atoms with E-state index in [1.165, 1.54) is 46.4 Å². The number of fused-ring (bicyclic) bond motifs is 8. The summed E-state index contributed by atoms with van der Waals surface area (Å²) in [5.41, 5.74) is 6.47. The Balaban J connectivity index is 0.000000136. The van der Waals surface area contributed by atoms with E-state index >= 15 is 0 Å². The van der Waals surface area contributed by atoms with Gasteiger partial charge in [-0.3, -0.25) is 9.97 Å². The number of aromatic nitrogens is 2. The van der Waals surface area contributed by atoms with Gasteiger partial charge in [0.1, 0.15) is 0 Å². The van der Waals surface area contributed by atoms with Gasteiger partial charge in [-0.05, 0) is 76.9 Å². The van der Waals surface area contributed by atoms with Gasteiger partial charge in [-0.1, -0.05) is 79.2 Å². The first-order valence-corrected chi connectivity index (χ1v) is 12.2. The molecule has 0 N–H and O–H groups in total. The van der Waals surface area contributed by atoms with E-state index in [9.17, 15) is 0 Å². The summed E-state index contributed by atoms with van der Waals surface area (Å²) in [6.07, 6.45) is 7.42. The van der Waals surface area contributed by atoms with Crippen LogP contribution < -0.4 is 0 Å². The summed E-state index contributed by atoms with van der Waals surface area (Å²) in [5.74, 6) is 0.836. The minimum Gasteiger partial charge on any atom is -0.254 e. The number of nitrogens with zero attached hydrogens (tertiary/aromatic N) is 2. The number of hydrogen-bond acceptors (Lipinski definition) is 2. The lowest BCUT2D eigenvalue weighted by molar-refractivity contribution is 0.503. The summed E-state index contributed by atoms with van der Waals surface area (Å²) in [6, 6.07) is 28.2. The molecule has 0 fully saturated rings. The van der Waals surface area contributed by atoms with Crippen LogP contribution in [0.25, 0.3) is 43.4 Å². The van der Waals surface area contributed by atoms with Gasteiger partial charge >= 0.3 is 0 Å². The van der Waals surface area contributed by atoms with Gasteiger partial charge in [-0.15, -0.1) is 0 Å². The standard InChI is InChI=1S/C20H20.C12H8N2/c1-13-4-8-17-16(11-13)7-10-19-18(17)9-6-15-5-3-14(2)12-20(15)19;1-3-9-5-6-10-4-2-8-14-12(10)11(9)13-7-1/h3,5-7,9-10,12-13H,4,8,11H2,1-2H3;1-8H. The fourth-order valence-corrected chi connectivity index (χ4v) is 5.39. The average Bonchev–Trinajstić information content (AvgIpc) is 2.88. The molecule has 0 radical (unpaired) electrons. The molecule has 2 heterocycles. The predicted octanol–water partition coefficient (Wildman–Crippen LogP) is 8.21. The van der Waals surface area contributed by atoms with Crippen LogP contribution in [0.3, 0.4) is 0 Å². The fourth-order valence-electron chi connectivity index (χ4n) is 5.39.